The molecule has 0 aliphatic heterocycles. The van der Waals surface area contributed by atoms with Crippen LogP contribution in [0.1, 0.15) is 13.8 Å². The van der Waals surface area contributed by atoms with E-state index in [0.29, 0.717) is 0 Å². The van der Waals surface area contributed by atoms with Gasteiger partial charge >= 0.3 is 0 Å². The molecule has 0 unspecified atom stereocenters. The van der Waals surface area contributed by atoms with Crippen LogP contribution < -0.4 is 16.9 Å². The van der Waals surface area contributed by atoms with Crippen molar-refractivity contribution in [1.29, 1.82) is 0 Å². The Morgan fingerprint density at radius 2 is 1.71 bits per heavy atom. The van der Waals surface area contributed by atoms with Gasteiger partial charge in [-0.3, -0.25) is 10.6 Å². The van der Waals surface area contributed by atoms with E-state index in [0.717, 1.165) is 5.17 Å². The number of aromatic nitrogens is 3. The molecule has 0 saturated carbocycles. The summed E-state index contributed by atoms with van der Waals surface area (Å²) in [7, 11) is 0. The molecule has 6 N–H and O–H groups in total. The standard InChI is InChI=1S/C6H13N7O/c1-3(2)13(14)12-6-10-4(7)9-5(8)11-6/h3,14H,1-2H3,(H5,7,8,9,10,11,12). The van der Waals surface area contributed by atoms with E-state index in [1.807, 2.05) is 0 Å². The van der Waals surface area contributed by atoms with Crippen LogP contribution in [0.15, 0.2) is 0 Å². The molecule has 0 saturated heterocycles. The molecular weight excluding hydrogens is 186 g/mol. The van der Waals surface area contributed by atoms with Crippen LogP contribution in [0.5, 0.6) is 0 Å². The molecule has 0 bridgehead atoms. The van der Waals surface area contributed by atoms with Gasteiger partial charge in [-0.2, -0.15) is 15.0 Å². The van der Waals surface area contributed by atoms with Crippen molar-refractivity contribution in [2.24, 2.45) is 0 Å². The maximum Gasteiger partial charge on any atom is 0.245 e. The molecule has 1 aromatic heterocycles. The Hall–Kier alpha value is -1.67. The summed E-state index contributed by atoms with van der Waals surface area (Å²) >= 11 is 0. The molecule has 8 nitrogen and oxygen atoms in total. The molecule has 0 aliphatic carbocycles. The van der Waals surface area contributed by atoms with Gasteiger partial charge < -0.3 is 11.5 Å². The van der Waals surface area contributed by atoms with Crippen molar-refractivity contribution in [3.8, 4) is 0 Å². The van der Waals surface area contributed by atoms with E-state index in [2.05, 4.69) is 20.4 Å². The number of rotatable bonds is 3. The fourth-order valence-corrected chi connectivity index (χ4v) is 0.691. The van der Waals surface area contributed by atoms with Gasteiger partial charge in [0.15, 0.2) is 0 Å². The third kappa shape index (κ3) is 2.68. The fraction of sp³-hybridized carbons (Fsp3) is 0.500. The van der Waals surface area contributed by atoms with Crippen LogP contribution in [-0.4, -0.2) is 31.4 Å². The van der Waals surface area contributed by atoms with Crippen LogP contribution in [0.25, 0.3) is 0 Å². The molecule has 78 valence electrons. The smallest absolute Gasteiger partial charge is 0.245 e. The second-order valence-corrected chi connectivity index (χ2v) is 2.93. The van der Waals surface area contributed by atoms with Crippen molar-refractivity contribution in [2.45, 2.75) is 19.9 Å². The lowest BCUT2D eigenvalue weighted by Gasteiger charge is -2.19. The molecule has 0 aromatic carbocycles. The number of hydrazine groups is 1. The van der Waals surface area contributed by atoms with Gasteiger partial charge in [0, 0.05) is 0 Å². The summed E-state index contributed by atoms with van der Waals surface area (Å²) in [5.74, 6) is 0.0977. The van der Waals surface area contributed by atoms with Gasteiger partial charge in [0.2, 0.25) is 17.8 Å². The fourth-order valence-electron chi connectivity index (χ4n) is 0.691. The van der Waals surface area contributed by atoms with Crippen LogP contribution in [0.2, 0.25) is 0 Å². The Morgan fingerprint density at radius 1 is 1.21 bits per heavy atom. The van der Waals surface area contributed by atoms with Crippen LogP contribution in [-0.2, 0) is 0 Å². The zero-order chi connectivity index (χ0) is 10.7. The molecule has 1 rings (SSSR count). The Bertz CT molecular complexity index is 295. The van der Waals surface area contributed by atoms with Crippen molar-refractivity contribution in [3.63, 3.8) is 0 Å². The minimum absolute atomic E-state index is 0.00263. The summed E-state index contributed by atoms with van der Waals surface area (Å²) in [6.45, 7) is 3.56. The second kappa shape index (κ2) is 4.03. The van der Waals surface area contributed by atoms with Gasteiger partial charge in [-0.05, 0) is 13.8 Å². The van der Waals surface area contributed by atoms with Gasteiger partial charge in [-0.25, -0.2) is 0 Å². The minimum Gasteiger partial charge on any atom is -0.368 e. The lowest BCUT2D eigenvalue weighted by atomic mass is 10.4. The van der Waals surface area contributed by atoms with Gasteiger partial charge in [0.1, 0.15) is 0 Å². The molecule has 0 aliphatic rings. The first-order valence-electron chi connectivity index (χ1n) is 4.01. The Labute approximate surface area is 80.9 Å². The monoisotopic (exact) mass is 199 g/mol. The zero-order valence-corrected chi connectivity index (χ0v) is 7.97. The number of hydroxylamine groups is 1. The Morgan fingerprint density at radius 3 is 2.14 bits per heavy atom. The normalized spacial score (nSPS) is 10.9. The highest BCUT2D eigenvalue weighted by Gasteiger charge is 2.08. The second-order valence-electron chi connectivity index (χ2n) is 2.93. The molecule has 0 radical (unpaired) electrons. The molecule has 1 aromatic rings. The molecular formula is C6H13N7O. The molecule has 1 heterocycles. The average Bonchev–Trinajstić information content (AvgIpc) is 2.01. The maximum atomic E-state index is 9.30. The number of nitrogens with one attached hydrogen (secondary N) is 1. The summed E-state index contributed by atoms with van der Waals surface area (Å²) in [6.07, 6.45) is 0. The summed E-state index contributed by atoms with van der Waals surface area (Å²) in [4.78, 5) is 11.0. The molecule has 0 fully saturated rings. The molecule has 8 heteroatoms. The number of anilines is 3. The number of hydrogen-bond acceptors (Lipinski definition) is 8. The van der Waals surface area contributed by atoms with Crippen LogP contribution in [0, 0.1) is 0 Å². The van der Waals surface area contributed by atoms with Gasteiger partial charge in [0.25, 0.3) is 0 Å². The van der Waals surface area contributed by atoms with E-state index in [1.165, 1.54) is 0 Å². The quantitative estimate of drug-likeness (QED) is 0.478. The first-order valence-corrected chi connectivity index (χ1v) is 4.01. The van der Waals surface area contributed by atoms with Gasteiger partial charge in [0.05, 0.1) is 6.04 Å². The zero-order valence-electron chi connectivity index (χ0n) is 7.97. The SMILES string of the molecule is CC(C)N(O)Nc1nc(N)nc(N)n1. The lowest BCUT2D eigenvalue weighted by molar-refractivity contribution is -0.0929. The maximum absolute atomic E-state index is 9.30. The van der Waals surface area contributed by atoms with Crippen LogP contribution >= 0.6 is 0 Å². The topological polar surface area (TPSA) is 126 Å². The average molecular weight is 199 g/mol. The summed E-state index contributed by atoms with van der Waals surface area (Å²) in [5.41, 5.74) is 13.1. The number of hydrogen-bond donors (Lipinski definition) is 4. The van der Waals surface area contributed by atoms with E-state index in [4.69, 9.17) is 11.5 Å². The van der Waals surface area contributed by atoms with Crippen molar-refractivity contribution in [1.82, 2.24) is 20.1 Å². The van der Waals surface area contributed by atoms with Gasteiger partial charge in [-0.15, -0.1) is 0 Å². The van der Waals surface area contributed by atoms with Crippen molar-refractivity contribution in [2.75, 3.05) is 16.9 Å². The molecule has 0 amide bonds. The minimum atomic E-state index is -0.130. The largest absolute Gasteiger partial charge is 0.368 e. The Kier molecular flexibility index (Phi) is 2.99. The first-order chi connectivity index (χ1) is 6.49. The predicted molar refractivity (Wildman–Crippen MR) is 51.0 cm³/mol. The highest BCUT2D eigenvalue weighted by Crippen LogP contribution is 2.05. The van der Waals surface area contributed by atoms with E-state index < -0.39 is 0 Å². The number of nitrogens with zero attached hydrogens (tertiary/aromatic N) is 4. The van der Waals surface area contributed by atoms with Gasteiger partial charge in [-0.1, -0.05) is 5.17 Å². The predicted octanol–water partition coefficient (Wildman–Crippen LogP) is -0.537. The highest BCUT2D eigenvalue weighted by atomic mass is 16.5. The van der Waals surface area contributed by atoms with Crippen LogP contribution in [0.4, 0.5) is 17.8 Å². The third-order valence-corrected chi connectivity index (χ3v) is 1.37. The van der Waals surface area contributed by atoms with E-state index in [9.17, 15) is 5.21 Å². The third-order valence-electron chi connectivity index (χ3n) is 1.37. The molecule has 14 heavy (non-hydrogen) atoms. The summed E-state index contributed by atoms with van der Waals surface area (Å²) in [6, 6.07) is -0.130. The molecule has 0 atom stereocenters. The van der Waals surface area contributed by atoms with Crippen molar-refractivity contribution < 1.29 is 5.21 Å². The Balaban J connectivity index is 2.76. The summed E-state index contributed by atoms with van der Waals surface area (Å²) in [5, 5.41) is 10.1. The van der Waals surface area contributed by atoms with E-state index in [-0.39, 0.29) is 23.9 Å². The lowest BCUT2D eigenvalue weighted by Crippen LogP contribution is -2.33. The van der Waals surface area contributed by atoms with E-state index in [1.54, 1.807) is 13.8 Å². The van der Waals surface area contributed by atoms with Crippen LogP contribution in [0.3, 0.4) is 0 Å². The number of nitrogens with two attached hydrogens (primary N) is 2. The molecule has 0 spiro atoms. The summed E-state index contributed by atoms with van der Waals surface area (Å²) < 4.78 is 0. The van der Waals surface area contributed by atoms with Crippen molar-refractivity contribution >= 4 is 17.8 Å². The van der Waals surface area contributed by atoms with Crippen molar-refractivity contribution in [3.05, 3.63) is 0 Å². The first kappa shape index (κ1) is 10.4. The number of nitrogen functional groups attached to an aromatic ring is 2. The highest BCUT2D eigenvalue weighted by molar-refractivity contribution is 5.36. The van der Waals surface area contributed by atoms with E-state index >= 15 is 0 Å².